The summed E-state index contributed by atoms with van der Waals surface area (Å²) in [6.45, 7) is 6.13. The summed E-state index contributed by atoms with van der Waals surface area (Å²) in [5.41, 5.74) is 3.07. The number of ketones is 1. The van der Waals surface area contributed by atoms with E-state index >= 15 is 0 Å². The number of Topliss-reactive ketones (excluding diaryl/α,β-unsaturated/α-hetero) is 1. The van der Waals surface area contributed by atoms with Gasteiger partial charge in [-0.3, -0.25) is 14.5 Å². The molecule has 38 heavy (non-hydrogen) atoms. The molecule has 0 aliphatic carbocycles. The zero-order valence-electron chi connectivity index (χ0n) is 22.3. The molecule has 0 aromatic heterocycles. The minimum atomic E-state index is -0.961. The summed E-state index contributed by atoms with van der Waals surface area (Å²) in [7, 11) is 4.47. The lowest BCUT2D eigenvalue weighted by molar-refractivity contribution is -0.132. The molecule has 0 radical (unpaired) electrons. The van der Waals surface area contributed by atoms with Crippen molar-refractivity contribution in [2.45, 2.75) is 26.8 Å². The lowest BCUT2D eigenvalue weighted by Gasteiger charge is -2.27. The van der Waals surface area contributed by atoms with E-state index in [0.29, 0.717) is 46.4 Å². The van der Waals surface area contributed by atoms with Gasteiger partial charge < -0.3 is 24.1 Å². The molecule has 1 fully saturated rings. The van der Waals surface area contributed by atoms with Crippen LogP contribution in [-0.4, -0.2) is 44.7 Å². The number of carbonyl (C=O) groups excluding carboxylic acids is 2. The molecule has 198 valence electrons. The van der Waals surface area contributed by atoms with Crippen LogP contribution in [0.15, 0.2) is 60.2 Å². The van der Waals surface area contributed by atoms with E-state index in [-0.39, 0.29) is 11.3 Å². The fourth-order valence-corrected chi connectivity index (χ4v) is 4.72. The van der Waals surface area contributed by atoms with Crippen LogP contribution in [-0.2, 0) is 9.59 Å². The molecular formula is C30H31NO7. The van der Waals surface area contributed by atoms with E-state index in [1.807, 2.05) is 39.0 Å². The van der Waals surface area contributed by atoms with Crippen LogP contribution in [0.5, 0.6) is 23.0 Å². The van der Waals surface area contributed by atoms with Gasteiger partial charge in [-0.05, 0) is 79.9 Å². The summed E-state index contributed by atoms with van der Waals surface area (Å²) < 4.78 is 22.2. The number of ether oxygens (including phenoxy) is 4. The average Bonchev–Trinajstić information content (AvgIpc) is 3.18. The number of methoxy groups -OCH3 is 3. The van der Waals surface area contributed by atoms with Crippen molar-refractivity contribution < 1.29 is 33.6 Å². The topological polar surface area (TPSA) is 94.5 Å². The van der Waals surface area contributed by atoms with Crippen molar-refractivity contribution >= 4 is 23.1 Å². The largest absolute Gasteiger partial charge is 0.507 e. The second-order valence-electron chi connectivity index (χ2n) is 8.88. The summed E-state index contributed by atoms with van der Waals surface area (Å²) in [4.78, 5) is 28.4. The highest BCUT2D eigenvalue weighted by molar-refractivity contribution is 6.51. The molecule has 0 spiro atoms. The van der Waals surface area contributed by atoms with Gasteiger partial charge in [0.05, 0.1) is 39.6 Å². The first-order valence-corrected chi connectivity index (χ1v) is 12.2. The van der Waals surface area contributed by atoms with Gasteiger partial charge in [0.1, 0.15) is 11.5 Å². The summed E-state index contributed by atoms with van der Waals surface area (Å²) in [5.74, 6) is -0.0859. The predicted octanol–water partition coefficient (Wildman–Crippen LogP) is 5.35. The Labute approximate surface area is 222 Å². The van der Waals surface area contributed by atoms with Crippen molar-refractivity contribution in [3.63, 3.8) is 0 Å². The number of aliphatic hydroxyl groups is 1. The highest BCUT2D eigenvalue weighted by Crippen LogP contribution is 2.47. The third kappa shape index (κ3) is 4.65. The Morgan fingerprint density at radius 1 is 0.895 bits per heavy atom. The third-order valence-electron chi connectivity index (χ3n) is 6.48. The zero-order chi connectivity index (χ0) is 27.6. The second-order valence-corrected chi connectivity index (χ2v) is 8.88. The molecule has 1 unspecified atom stereocenters. The smallest absolute Gasteiger partial charge is 0.300 e. The third-order valence-corrected chi connectivity index (χ3v) is 6.48. The molecule has 1 aliphatic rings. The van der Waals surface area contributed by atoms with E-state index in [2.05, 4.69) is 0 Å². The zero-order valence-corrected chi connectivity index (χ0v) is 22.3. The Bertz CT molecular complexity index is 1400. The van der Waals surface area contributed by atoms with E-state index in [0.717, 1.165) is 11.1 Å². The molecule has 1 saturated heterocycles. The molecule has 3 aromatic carbocycles. The number of anilines is 1. The number of aryl methyl sites for hydroxylation is 2. The normalized spacial score (nSPS) is 16.5. The van der Waals surface area contributed by atoms with Crippen LogP contribution in [0.3, 0.4) is 0 Å². The maximum Gasteiger partial charge on any atom is 0.300 e. The van der Waals surface area contributed by atoms with Crippen molar-refractivity contribution in [2.24, 2.45) is 0 Å². The molecule has 1 heterocycles. The van der Waals surface area contributed by atoms with Crippen molar-refractivity contribution in [1.29, 1.82) is 0 Å². The van der Waals surface area contributed by atoms with Crippen LogP contribution >= 0.6 is 0 Å². The minimum Gasteiger partial charge on any atom is -0.507 e. The van der Waals surface area contributed by atoms with Gasteiger partial charge in [0.2, 0.25) is 5.75 Å². The van der Waals surface area contributed by atoms with E-state index in [1.165, 1.54) is 26.2 Å². The first kappa shape index (κ1) is 26.6. The van der Waals surface area contributed by atoms with E-state index < -0.39 is 17.7 Å². The summed E-state index contributed by atoms with van der Waals surface area (Å²) in [6.07, 6.45) is 0. The minimum absolute atomic E-state index is 0.0469. The van der Waals surface area contributed by atoms with Gasteiger partial charge in [0, 0.05) is 11.3 Å². The molecule has 1 N–H and O–H groups in total. The molecule has 4 rings (SSSR count). The van der Waals surface area contributed by atoms with Crippen LogP contribution in [0.2, 0.25) is 0 Å². The number of amides is 1. The van der Waals surface area contributed by atoms with Crippen LogP contribution in [0.25, 0.3) is 5.76 Å². The lowest BCUT2D eigenvalue weighted by atomic mass is 9.94. The number of nitrogens with zero attached hydrogens (tertiary/aromatic N) is 1. The van der Waals surface area contributed by atoms with Gasteiger partial charge in [0.25, 0.3) is 11.7 Å². The van der Waals surface area contributed by atoms with Crippen molar-refractivity contribution in [2.75, 3.05) is 32.8 Å². The monoisotopic (exact) mass is 517 g/mol. The second kappa shape index (κ2) is 10.9. The molecule has 0 bridgehead atoms. The number of hydrogen-bond donors (Lipinski definition) is 1. The first-order valence-electron chi connectivity index (χ1n) is 12.2. The van der Waals surface area contributed by atoms with E-state index in [1.54, 1.807) is 36.4 Å². The quantitative estimate of drug-likeness (QED) is 0.244. The first-order chi connectivity index (χ1) is 18.2. The van der Waals surface area contributed by atoms with E-state index in [9.17, 15) is 14.7 Å². The maximum absolute atomic E-state index is 13.5. The SMILES string of the molecule is CCOc1ccc(/C(O)=C2\C(=O)C(=O)N(c3cccc(C)c3)C2c2cc(OC)c(OC)c(OC)c2)cc1C. The van der Waals surface area contributed by atoms with Gasteiger partial charge >= 0.3 is 0 Å². The van der Waals surface area contributed by atoms with Crippen molar-refractivity contribution in [1.82, 2.24) is 0 Å². The van der Waals surface area contributed by atoms with Crippen LogP contribution in [0.4, 0.5) is 5.69 Å². The predicted molar refractivity (Wildman–Crippen MR) is 144 cm³/mol. The van der Waals surface area contributed by atoms with Crippen molar-refractivity contribution in [3.05, 3.63) is 82.4 Å². The van der Waals surface area contributed by atoms with Gasteiger partial charge in [0.15, 0.2) is 11.5 Å². The van der Waals surface area contributed by atoms with Gasteiger partial charge in [-0.2, -0.15) is 0 Å². The number of aliphatic hydroxyl groups excluding tert-OH is 1. The lowest BCUT2D eigenvalue weighted by Crippen LogP contribution is -2.29. The molecule has 8 nitrogen and oxygen atoms in total. The van der Waals surface area contributed by atoms with Crippen LogP contribution in [0.1, 0.15) is 35.2 Å². The molecule has 3 aromatic rings. The number of benzene rings is 3. The average molecular weight is 518 g/mol. The van der Waals surface area contributed by atoms with Crippen molar-refractivity contribution in [3.8, 4) is 23.0 Å². The maximum atomic E-state index is 13.5. The highest BCUT2D eigenvalue weighted by atomic mass is 16.5. The number of hydrogen-bond acceptors (Lipinski definition) is 7. The molecule has 0 saturated carbocycles. The standard InChI is InChI=1S/C30H31NO7/c1-7-38-22-12-11-19(14-18(22)3)27(32)25-26(20-15-23(35-4)29(37-6)24(16-20)36-5)31(30(34)28(25)33)21-10-8-9-17(2)13-21/h8-16,26,32H,7H2,1-6H3/b27-25+. The molecular weight excluding hydrogens is 486 g/mol. The van der Waals surface area contributed by atoms with Crippen LogP contribution < -0.4 is 23.8 Å². The summed E-state index contributed by atoms with van der Waals surface area (Å²) in [5, 5.41) is 11.5. The highest BCUT2D eigenvalue weighted by Gasteiger charge is 2.47. The summed E-state index contributed by atoms with van der Waals surface area (Å²) >= 11 is 0. The fourth-order valence-electron chi connectivity index (χ4n) is 4.72. The van der Waals surface area contributed by atoms with E-state index in [4.69, 9.17) is 18.9 Å². The molecule has 1 amide bonds. The fraction of sp³-hybridized carbons (Fsp3) is 0.267. The number of rotatable bonds is 8. The number of carbonyl (C=O) groups is 2. The Morgan fingerprint density at radius 3 is 2.13 bits per heavy atom. The Balaban J connectivity index is 2.00. The van der Waals surface area contributed by atoms with Gasteiger partial charge in [-0.25, -0.2) is 0 Å². The van der Waals surface area contributed by atoms with Crippen LogP contribution in [0, 0.1) is 13.8 Å². The Morgan fingerprint density at radius 2 is 1.58 bits per heavy atom. The van der Waals surface area contributed by atoms with Gasteiger partial charge in [-0.1, -0.05) is 12.1 Å². The Kier molecular flexibility index (Phi) is 7.62. The molecule has 1 aliphatic heterocycles. The van der Waals surface area contributed by atoms with Gasteiger partial charge in [-0.15, -0.1) is 0 Å². The molecule has 8 heteroatoms. The summed E-state index contributed by atoms with van der Waals surface area (Å²) in [6, 6.07) is 14.8. The Hall–Kier alpha value is -4.46. The molecule has 1 atom stereocenters.